The third-order valence-electron chi connectivity index (χ3n) is 4.17. The summed E-state index contributed by atoms with van der Waals surface area (Å²) in [6.07, 6.45) is 4.70. The van der Waals surface area contributed by atoms with E-state index >= 15 is 0 Å². The molecule has 1 fully saturated rings. The largest absolute Gasteiger partial charge is 0.350 e. The van der Waals surface area contributed by atoms with Crippen molar-refractivity contribution in [1.29, 1.82) is 0 Å². The van der Waals surface area contributed by atoms with Crippen LogP contribution in [0.1, 0.15) is 37.6 Å². The van der Waals surface area contributed by atoms with Gasteiger partial charge in [0.15, 0.2) is 0 Å². The molecule has 2 aromatic heterocycles. The Hall–Kier alpha value is -1.88. The minimum absolute atomic E-state index is 0.0144. The molecule has 5 heteroatoms. The third-order valence-corrected chi connectivity index (χ3v) is 4.17. The fourth-order valence-corrected chi connectivity index (χ4v) is 2.91. The molecule has 0 saturated carbocycles. The summed E-state index contributed by atoms with van der Waals surface area (Å²) in [4.78, 5) is 14.7. The highest BCUT2D eigenvalue weighted by atomic mass is 16.1. The summed E-state index contributed by atoms with van der Waals surface area (Å²) in [5.41, 5.74) is 1.79. The molecule has 1 atom stereocenters. The molecule has 1 amide bonds. The Kier molecular flexibility index (Phi) is 3.45. The first-order valence-electron chi connectivity index (χ1n) is 7.43. The van der Waals surface area contributed by atoms with Crippen molar-refractivity contribution in [3.63, 3.8) is 0 Å². The molecule has 21 heavy (non-hydrogen) atoms. The van der Waals surface area contributed by atoms with Crippen molar-refractivity contribution in [3.8, 4) is 0 Å². The Morgan fingerprint density at radius 1 is 1.43 bits per heavy atom. The molecule has 0 spiro atoms. The first-order valence-corrected chi connectivity index (χ1v) is 7.43. The van der Waals surface area contributed by atoms with Crippen LogP contribution in [-0.4, -0.2) is 45.1 Å². The lowest BCUT2D eigenvalue weighted by Crippen LogP contribution is -2.60. The van der Waals surface area contributed by atoms with Gasteiger partial charge in [0.05, 0.1) is 5.52 Å². The molecule has 1 saturated heterocycles. The molecule has 0 radical (unpaired) electrons. The van der Waals surface area contributed by atoms with Gasteiger partial charge in [-0.25, -0.2) is 4.52 Å². The zero-order chi connectivity index (χ0) is 15.0. The number of rotatable bonds is 3. The SMILES string of the molecule is CC(C)(C)N1CCC1CNC(=O)c1ccn2nccc2c1. The monoisotopic (exact) mass is 286 g/mol. The Bertz CT molecular complexity index is 656. The lowest BCUT2D eigenvalue weighted by molar-refractivity contribution is 0.00280. The van der Waals surface area contributed by atoms with Gasteiger partial charge in [0, 0.05) is 42.6 Å². The average Bonchev–Trinajstić information content (AvgIpc) is 2.82. The van der Waals surface area contributed by atoms with E-state index in [0.29, 0.717) is 18.2 Å². The fourth-order valence-electron chi connectivity index (χ4n) is 2.91. The maximum atomic E-state index is 12.3. The quantitative estimate of drug-likeness (QED) is 0.938. The highest BCUT2D eigenvalue weighted by Crippen LogP contribution is 2.26. The molecule has 1 N–H and O–H groups in total. The van der Waals surface area contributed by atoms with E-state index in [1.165, 1.54) is 0 Å². The van der Waals surface area contributed by atoms with Gasteiger partial charge in [-0.3, -0.25) is 9.69 Å². The van der Waals surface area contributed by atoms with Crippen LogP contribution in [0, 0.1) is 0 Å². The maximum absolute atomic E-state index is 12.3. The van der Waals surface area contributed by atoms with Crippen molar-refractivity contribution in [3.05, 3.63) is 36.2 Å². The summed E-state index contributed by atoms with van der Waals surface area (Å²) in [7, 11) is 0. The van der Waals surface area contributed by atoms with Crippen molar-refractivity contribution >= 4 is 11.4 Å². The molecule has 0 aliphatic carbocycles. The van der Waals surface area contributed by atoms with Crippen molar-refractivity contribution in [1.82, 2.24) is 19.8 Å². The van der Waals surface area contributed by atoms with Crippen LogP contribution in [0.4, 0.5) is 0 Å². The molecular weight excluding hydrogens is 264 g/mol. The number of nitrogens with one attached hydrogen (secondary N) is 1. The van der Waals surface area contributed by atoms with E-state index in [4.69, 9.17) is 0 Å². The van der Waals surface area contributed by atoms with Crippen LogP contribution in [0.25, 0.3) is 5.52 Å². The molecule has 3 rings (SSSR count). The molecule has 112 valence electrons. The van der Waals surface area contributed by atoms with Gasteiger partial charge in [0.1, 0.15) is 0 Å². The first kappa shape index (κ1) is 14.1. The number of fused-ring (bicyclic) bond motifs is 1. The molecule has 1 aliphatic rings. The van der Waals surface area contributed by atoms with Crippen LogP contribution >= 0.6 is 0 Å². The number of likely N-dealkylation sites (tertiary alicyclic amines) is 1. The summed E-state index contributed by atoms with van der Waals surface area (Å²) in [5.74, 6) is -0.0144. The summed E-state index contributed by atoms with van der Waals surface area (Å²) >= 11 is 0. The molecule has 5 nitrogen and oxygen atoms in total. The van der Waals surface area contributed by atoms with Gasteiger partial charge in [-0.05, 0) is 45.4 Å². The minimum Gasteiger partial charge on any atom is -0.350 e. The van der Waals surface area contributed by atoms with Crippen LogP contribution in [0.15, 0.2) is 30.6 Å². The van der Waals surface area contributed by atoms with E-state index in [2.05, 4.69) is 36.1 Å². The third kappa shape index (κ3) is 2.78. The average molecular weight is 286 g/mol. The molecule has 0 aromatic carbocycles. The number of hydrogen-bond donors (Lipinski definition) is 1. The molecule has 0 bridgehead atoms. The highest BCUT2D eigenvalue weighted by molar-refractivity contribution is 5.95. The number of aromatic nitrogens is 2. The van der Waals surface area contributed by atoms with Crippen LogP contribution in [0.3, 0.4) is 0 Å². The zero-order valence-corrected chi connectivity index (χ0v) is 12.8. The second-order valence-electron chi connectivity index (χ2n) is 6.63. The number of amides is 1. The lowest BCUT2D eigenvalue weighted by Gasteiger charge is -2.49. The Labute approximate surface area is 124 Å². The van der Waals surface area contributed by atoms with E-state index in [0.717, 1.165) is 18.5 Å². The van der Waals surface area contributed by atoms with Gasteiger partial charge in [-0.1, -0.05) is 0 Å². The van der Waals surface area contributed by atoms with E-state index < -0.39 is 0 Å². The van der Waals surface area contributed by atoms with E-state index in [1.54, 1.807) is 16.8 Å². The smallest absolute Gasteiger partial charge is 0.251 e. The second-order valence-corrected chi connectivity index (χ2v) is 6.63. The molecule has 2 aromatic rings. The van der Waals surface area contributed by atoms with Crippen LogP contribution in [-0.2, 0) is 0 Å². The van der Waals surface area contributed by atoms with Gasteiger partial charge < -0.3 is 5.32 Å². The molecule has 1 unspecified atom stereocenters. The minimum atomic E-state index is -0.0144. The number of carbonyl (C=O) groups is 1. The number of carbonyl (C=O) groups excluding carboxylic acids is 1. The lowest BCUT2D eigenvalue weighted by atomic mass is 9.93. The highest BCUT2D eigenvalue weighted by Gasteiger charge is 2.35. The predicted molar refractivity (Wildman–Crippen MR) is 82.4 cm³/mol. The topological polar surface area (TPSA) is 49.6 Å². The van der Waals surface area contributed by atoms with E-state index in [9.17, 15) is 4.79 Å². The molecule has 1 aliphatic heterocycles. The Morgan fingerprint density at radius 2 is 2.24 bits per heavy atom. The molecular formula is C16H22N4O. The van der Waals surface area contributed by atoms with Gasteiger partial charge in [0.25, 0.3) is 5.91 Å². The predicted octanol–water partition coefficient (Wildman–Crippen LogP) is 1.94. The zero-order valence-electron chi connectivity index (χ0n) is 12.8. The van der Waals surface area contributed by atoms with Crippen molar-refractivity contribution in [2.24, 2.45) is 0 Å². The van der Waals surface area contributed by atoms with Crippen molar-refractivity contribution in [2.75, 3.05) is 13.1 Å². The van der Waals surface area contributed by atoms with Gasteiger partial charge in [-0.2, -0.15) is 5.10 Å². The van der Waals surface area contributed by atoms with Gasteiger partial charge >= 0.3 is 0 Å². The summed E-state index contributed by atoms with van der Waals surface area (Å²) in [6, 6.07) is 6.01. The fraction of sp³-hybridized carbons (Fsp3) is 0.500. The summed E-state index contributed by atoms with van der Waals surface area (Å²) in [5, 5.41) is 7.18. The Morgan fingerprint density at radius 3 is 2.90 bits per heavy atom. The van der Waals surface area contributed by atoms with Crippen molar-refractivity contribution < 1.29 is 4.79 Å². The van der Waals surface area contributed by atoms with E-state index in [-0.39, 0.29) is 11.4 Å². The van der Waals surface area contributed by atoms with Gasteiger partial charge in [-0.15, -0.1) is 0 Å². The van der Waals surface area contributed by atoms with E-state index in [1.807, 2.05) is 18.3 Å². The van der Waals surface area contributed by atoms with Crippen molar-refractivity contribution in [2.45, 2.75) is 38.8 Å². The summed E-state index contributed by atoms with van der Waals surface area (Å²) < 4.78 is 1.75. The van der Waals surface area contributed by atoms with Crippen LogP contribution in [0.2, 0.25) is 0 Å². The second kappa shape index (κ2) is 5.15. The van der Waals surface area contributed by atoms with Crippen LogP contribution < -0.4 is 5.32 Å². The summed E-state index contributed by atoms with van der Waals surface area (Å²) in [6.45, 7) is 8.48. The standard InChI is InChI=1S/C16H22N4O/c1-16(2,3)19-8-6-14(19)11-17-15(21)12-5-9-20-13(10-12)4-7-18-20/h4-5,7,9-10,14H,6,8,11H2,1-3H3,(H,17,21). The number of hydrogen-bond acceptors (Lipinski definition) is 3. The maximum Gasteiger partial charge on any atom is 0.251 e. The normalized spacial score (nSPS) is 19.5. The van der Waals surface area contributed by atoms with Crippen LogP contribution in [0.5, 0.6) is 0 Å². The van der Waals surface area contributed by atoms with Gasteiger partial charge in [0.2, 0.25) is 0 Å². The Balaban J connectivity index is 1.61. The molecule has 3 heterocycles. The number of pyridine rings is 1. The number of nitrogens with zero attached hydrogens (tertiary/aromatic N) is 3. The first-order chi connectivity index (χ1) is 9.95.